The van der Waals surface area contributed by atoms with Crippen molar-refractivity contribution in [3.63, 3.8) is 0 Å². The average Bonchev–Trinajstić information content (AvgIpc) is 2.72. The van der Waals surface area contributed by atoms with Gasteiger partial charge in [0.05, 0.1) is 38.9 Å². The number of hydrogen-bond acceptors (Lipinski definition) is 8. The monoisotopic (exact) mass is 388 g/mol. The Morgan fingerprint density at radius 2 is 1.00 bits per heavy atom. The summed E-state index contributed by atoms with van der Waals surface area (Å²) in [6.07, 6.45) is 2.64. The Hall–Kier alpha value is -3.10. The Labute approximate surface area is 163 Å². The van der Waals surface area contributed by atoms with E-state index in [4.69, 9.17) is 29.4 Å². The Kier molecular flexibility index (Phi) is 9.94. The largest absolute Gasteiger partial charge is 0.491 e. The molecule has 2 N–H and O–H groups in total. The van der Waals surface area contributed by atoms with Gasteiger partial charge in [-0.1, -0.05) is 34.6 Å². The Bertz CT molecular complexity index is 687. The number of rotatable bonds is 13. The lowest BCUT2D eigenvalue weighted by atomic mass is 10.2. The maximum Gasteiger partial charge on any atom is 0.128 e. The molecule has 0 atom stereocenters. The van der Waals surface area contributed by atoms with Crippen molar-refractivity contribution in [1.82, 2.24) is 0 Å². The van der Waals surface area contributed by atoms with Crippen LogP contribution in [0.5, 0.6) is 11.5 Å². The van der Waals surface area contributed by atoms with Gasteiger partial charge in [-0.25, -0.2) is 0 Å². The van der Waals surface area contributed by atoms with Crippen LogP contribution in [0.2, 0.25) is 0 Å². The van der Waals surface area contributed by atoms with E-state index in [2.05, 4.69) is 10.3 Å². The molecule has 2 rings (SSSR count). The number of oxime groups is 2. The molecule has 0 radical (unpaired) electrons. The molecule has 28 heavy (non-hydrogen) atoms. The summed E-state index contributed by atoms with van der Waals surface area (Å²) < 4.78 is 22.1. The molecule has 0 aliphatic rings. The maximum absolute atomic E-state index is 8.63. The van der Waals surface area contributed by atoms with Crippen molar-refractivity contribution in [3.8, 4) is 11.5 Å². The third-order valence-corrected chi connectivity index (χ3v) is 3.57. The van der Waals surface area contributed by atoms with Crippen molar-refractivity contribution in [2.45, 2.75) is 0 Å². The van der Waals surface area contributed by atoms with Crippen LogP contribution in [0.1, 0.15) is 11.1 Å². The Morgan fingerprint density at radius 3 is 1.43 bits per heavy atom. The molecule has 0 aliphatic heterocycles. The third-order valence-electron chi connectivity index (χ3n) is 3.57. The first-order valence-corrected chi connectivity index (χ1v) is 8.79. The second kappa shape index (κ2) is 13.1. The molecule has 0 bridgehead atoms. The molecular formula is C20H24N2O6. The van der Waals surface area contributed by atoms with E-state index in [1.165, 1.54) is 12.4 Å². The molecule has 0 aliphatic carbocycles. The van der Waals surface area contributed by atoms with E-state index >= 15 is 0 Å². The van der Waals surface area contributed by atoms with Gasteiger partial charge in [0.2, 0.25) is 0 Å². The topological polar surface area (TPSA) is 102 Å². The summed E-state index contributed by atoms with van der Waals surface area (Å²) in [5.41, 5.74) is 1.39. The minimum absolute atomic E-state index is 0.378. The molecule has 8 heteroatoms. The first kappa shape index (κ1) is 21.2. The summed E-state index contributed by atoms with van der Waals surface area (Å²) in [5, 5.41) is 23.3. The van der Waals surface area contributed by atoms with E-state index in [1.807, 2.05) is 24.3 Å². The SMILES string of the molecule is ON=Cc1ccccc1OCCOCCOCCOc1ccccc1/C=N/O. The van der Waals surface area contributed by atoms with Crippen LogP contribution in [0.25, 0.3) is 0 Å². The van der Waals surface area contributed by atoms with E-state index in [0.29, 0.717) is 62.3 Å². The van der Waals surface area contributed by atoms with Gasteiger partial charge in [0.25, 0.3) is 0 Å². The smallest absolute Gasteiger partial charge is 0.128 e. The lowest BCUT2D eigenvalue weighted by Gasteiger charge is -2.10. The van der Waals surface area contributed by atoms with Crippen LogP contribution in [0, 0.1) is 0 Å². The second-order valence-corrected chi connectivity index (χ2v) is 5.49. The predicted molar refractivity (Wildman–Crippen MR) is 104 cm³/mol. The number of para-hydroxylation sites is 2. The van der Waals surface area contributed by atoms with E-state index in [-0.39, 0.29) is 0 Å². The van der Waals surface area contributed by atoms with Crippen LogP contribution >= 0.6 is 0 Å². The molecule has 150 valence electrons. The van der Waals surface area contributed by atoms with Crippen molar-refractivity contribution in [1.29, 1.82) is 0 Å². The van der Waals surface area contributed by atoms with Crippen LogP contribution in [-0.2, 0) is 9.47 Å². The summed E-state index contributed by atoms with van der Waals surface area (Å²) in [7, 11) is 0. The predicted octanol–water partition coefficient (Wildman–Crippen LogP) is 2.79. The van der Waals surface area contributed by atoms with Gasteiger partial charge in [-0.2, -0.15) is 0 Å². The molecular weight excluding hydrogens is 364 g/mol. The highest BCUT2D eigenvalue weighted by molar-refractivity contribution is 5.83. The lowest BCUT2D eigenvalue weighted by molar-refractivity contribution is 0.0273. The van der Waals surface area contributed by atoms with Gasteiger partial charge in [0, 0.05) is 11.1 Å². The molecule has 8 nitrogen and oxygen atoms in total. The number of ether oxygens (including phenoxy) is 4. The van der Waals surface area contributed by atoms with Crippen LogP contribution < -0.4 is 9.47 Å². The molecule has 2 aromatic rings. The molecule has 0 spiro atoms. The van der Waals surface area contributed by atoms with Gasteiger partial charge in [-0.15, -0.1) is 0 Å². The zero-order valence-electron chi connectivity index (χ0n) is 15.4. The summed E-state index contributed by atoms with van der Waals surface area (Å²) in [4.78, 5) is 0. The van der Waals surface area contributed by atoms with Gasteiger partial charge in [0.15, 0.2) is 0 Å². The molecule has 0 amide bonds. The Morgan fingerprint density at radius 1 is 0.607 bits per heavy atom. The molecule has 0 saturated heterocycles. The van der Waals surface area contributed by atoms with Crippen LogP contribution in [0.15, 0.2) is 58.8 Å². The molecule has 2 aromatic carbocycles. The zero-order valence-corrected chi connectivity index (χ0v) is 15.4. The number of benzene rings is 2. The van der Waals surface area contributed by atoms with Crippen molar-refractivity contribution in [2.75, 3.05) is 39.6 Å². The van der Waals surface area contributed by atoms with Crippen molar-refractivity contribution in [3.05, 3.63) is 59.7 Å². The van der Waals surface area contributed by atoms with Gasteiger partial charge >= 0.3 is 0 Å². The molecule has 0 heterocycles. The normalized spacial score (nSPS) is 11.3. The minimum Gasteiger partial charge on any atom is -0.491 e. The standard InChI is InChI=1S/C20H24N2O6/c23-21-15-17-5-1-3-7-19(17)27-13-11-25-9-10-26-12-14-28-20-8-4-2-6-18(20)16-22-24/h1-8,15-16,23-24H,9-14H2/b21-15+,22-16?. The number of nitrogens with zero attached hydrogens (tertiary/aromatic N) is 2. The van der Waals surface area contributed by atoms with Crippen LogP contribution in [-0.4, -0.2) is 62.5 Å². The fourth-order valence-corrected chi connectivity index (χ4v) is 2.30. The highest BCUT2D eigenvalue weighted by Crippen LogP contribution is 2.16. The van der Waals surface area contributed by atoms with E-state index in [9.17, 15) is 0 Å². The summed E-state index contributed by atoms with van der Waals surface area (Å²) >= 11 is 0. The molecule has 0 aromatic heterocycles. The second-order valence-electron chi connectivity index (χ2n) is 5.49. The average molecular weight is 388 g/mol. The Balaban J connectivity index is 1.51. The van der Waals surface area contributed by atoms with Crippen molar-refractivity contribution >= 4 is 12.4 Å². The van der Waals surface area contributed by atoms with Crippen molar-refractivity contribution < 1.29 is 29.4 Å². The highest BCUT2D eigenvalue weighted by atomic mass is 16.6. The van der Waals surface area contributed by atoms with E-state index in [1.54, 1.807) is 24.3 Å². The molecule has 0 fully saturated rings. The van der Waals surface area contributed by atoms with Gasteiger partial charge in [-0.3, -0.25) is 0 Å². The first-order chi connectivity index (χ1) is 13.8. The minimum atomic E-state index is 0.378. The maximum atomic E-state index is 8.63. The summed E-state index contributed by atoms with van der Waals surface area (Å²) in [6, 6.07) is 14.5. The van der Waals surface area contributed by atoms with E-state index in [0.717, 1.165) is 0 Å². The summed E-state index contributed by atoms with van der Waals surface area (Å²) in [6.45, 7) is 2.47. The fraction of sp³-hybridized carbons (Fsp3) is 0.300. The zero-order chi connectivity index (χ0) is 19.9. The number of hydrogen-bond donors (Lipinski definition) is 2. The van der Waals surface area contributed by atoms with Crippen LogP contribution in [0.4, 0.5) is 0 Å². The van der Waals surface area contributed by atoms with Gasteiger partial charge in [-0.05, 0) is 24.3 Å². The van der Waals surface area contributed by atoms with Gasteiger partial charge < -0.3 is 29.4 Å². The van der Waals surface area contributed by atoms with E-state index < -0.39 is 0 Å². The third kappa shape index (κ3) is 7.65. The fourth-order valence-electron chi connectivity index (χ4n) is 2.30. The first-order valence-electron chi connectivity index (χ1n) is 8.79. The lowest BCUT2D eigenvalue weighted by Crippen LogP contribution is -2.14. The highest BCUT2D eigenvalue weighted by Gasteiger charge is 2.02. The van der Waals surface area contributed by atoms with Crippen LogP contribution in [0.3, 0.4) is 0 Å². The summed E-state index contributed by atoms with van der Waals surface area (Å²) in [5.74, 6) is 1.26. The molecule has 0 unspecified atom stereocenters. The quantitative estimate of drug-likeness (QED) is 0.237. The molecule has 0 saturated carbocycles. The van der Waals surface area contributed by atoms with Gasteiger partial charge in [0.1, 0.15) is 24.7 Å². The van der Waals surface area contributed by atoms with Crippen molar-refractivity contribution in [2.24, 2.45) is 10.3 Å².